The number of rotatable bonds is 3. The minimum absolute atomic E-state index is 0.175. The molecule has 1 aromatic carbocycles. The van der Waals surface area contributed by atoms with Crippen LogP contribution in [0, 0.1) is 0 Å². The van der Waals surface area contributed by atoms with Crippen LogP contribution in [0.4, 0.5) is 0 Å². The summed E-state index contributed by atoms with van der Waals surface area (Å²) in [6.07, 6.45) is 0.593. The average Bonchev–Trinajstić information content (AvgIpc) is 2.94. The van der Waals surface area contributed by atoms with E-state index in [1.807, 2.05) is 24.3 Å². The second kappa shape index (κ2) is 4.18. The first-order valence-corrected chi connectivity index (χ1v) is 5.43. The summed E-state index contributed by atoms with van der Waals surface area (Å²) >= 11 is 0. The Morgan fingerprint density at radius 1 is 1.41 bits per heavy atom. The molecule has 5 heteroatoms. The Balaban J connectivity index is 1.79. The van der Waals surface area contributed by atoms with E-state index in [0.717, 1.165) is 12.2 Å². The predicted molar refractivity (Wildman–Crippen MR) is 58.5 cm³/mol. The molecule has 17 heavy (non-hydrogen) atoms. The van der Waals surface area contributed by atoms with Gasteiger partial charge in [-0.1, -0.05) is 23.4 Å². The predicted octanol–water partition coefficient (Wildman–Crippen LogP) is 1.89. The van der Waals surface area contributed by atoms with E-state index in [0.29, 0.717) is 18.3 Å². The molecule has 2 heterocycles. The van der Waals surface area contributed by atoms with E-state index in [1.165, 1.54) is 5.56 Å². The van der Waals surface area contributed by atoms with Gasteiger partial charge < -0.3 is 14.0 Å². The lowest BCUT2D eigenvalue weighted by Crippen LogP contribution is -2.03. The number of hydrogen-bond acceptors (Lipinski definition) is 5. The average molecular weight is 232 g/mol. The van der Waals surface area contributed by atoms with E-state index in [4.69, 9.17) is 14.0 Å². The molecule has 0 unspecified atom stereocenters. The quantitative estimate of drug-likeness (QED) is 0.808. The lowest BCUT2D eigenvalue weighted by atomic mass is 10.1. The molecule has 1 aromatic heterocycles. The Morgan fingerprint density at radius 2 is 2.29 bits per heavy atom. The Hall–Kier alpha value is -1.88. The molecule has 2 aromatic rings. The van der Waals surface area contributed by atoms with Crippen molar-refractivity contribution in [3.63, 3.8) is 0 Å². The first kappa shape index (κ1) is 10.3. The third-order valence-corrected chi connectivity index (χ3v) is 2.68. The van der Waals surface area contributed by atoms with Crippen LogP contribution >= 0.6 is 0 Å². The van der Waals surface area contributed by atoms with Crippen molar-refractivity contribution in [2.24, 2.45) is 0 Å². The monoisotopic (exact) mass is 232 g/mol. The molecule has 0 amide bonds. The highest BCUT2D eigenvalue weighted by Crippen LogP contribution is 2.35. The van der Waals surface area contributed by atoms with Gasteiger partial charge in [-0.3, -0.25) is 0 Å². The SMILES string of the molecule is COCc1noc([C@H]2Cc3ccccc3O2)n1. The largest absolute Gasteiger partial charge is 0.480 e. The highest BCUT2D eigenvalue weighted by molar-refractivity contribution is 5.37. The van der Waals surface area contributed by atoms with Crippen molar-refractivity contribution in [1.82, 2.24) is 10.1 Å². The summed E-state index contributed by atoms with van der Waals surface area (Å²) in [6, 6.07) is 7.93. The Labute approximate surface area is 98.4 Å². The van der Waals surface area contributed by atoms with Gasteiger partial charge in [0, 0.05) is 13.5 Å². The van der Waals surface area contributed by atoms with Crippen molar-refractivity contribution in [3.8, 4) is 5.75 Å². The van der Waals surface area contributed by atoms with E-state index in [-0.39, 0.29) is 6.10 Å². The number of para-hydroxylation sites is 1. The number of methoxy groups -OCH3 is 1. The van der Waals surface area contributed by atoms with Gasteiger partial charge in [0.2, 0.25) is 0 Å². The molecule has 0 fully saturated rings. The fourth-order valence-corrected chi connectivity index (χ4v) is 1.91. The molecule has 1 aliphatic rings. The van der Waals surface area contributed by atoms with E-state index < -0.39 is 0 Å². The number of nitrogens with zero attached hydrogens (tertiary/aromatic N) is 2. The number of hydrogen-bond donors (Lipinski definition) is 0. The molecular formula is C12H12N2O3. The molecule has 0 spiro atoms. The van der Waals surface area contributed by atoms with Crippen LogP contribution in [0.2, 0.25) is 0 Å². The van der Waals surface area contributed by atoms with Crippen molar-refractivity contribution >= 4 is 0 Å². The highest BCUT2D eigenvalue weighted by Gasteiger charge is 2.28. The Morgan fingerprint density at radius 3 is 3.12 bits per heavy atom. The summed E-state index contributed by atoms with van der Waals surface area (Å²) in [5, 5.41) is 3.82. The van der Waals surface area contributed by atoms with Gasteiger partial charge in [-0.15, -0.1) is 0 Å². The maximum atomic E-state index is 5.75. The van der Waals surface area contributed by atoms with Crippen LogP contribution in [0.15, 0.2) is 28.8 Å². The maximum Gasteiger partial charge on any atom is 0.268 e. The lowest BCUT2D eigenvalue weighted by molar-refractivity contribution is 0.171. The van der Waals surface area contributed by atoms with Gasteiger partial charge in [0.15, 0.2) is 11.9 Å². The Bertz CT molecular complexity index is 499. The minimum Gasteiger partial charge on any atom is -0.480 e. The zero-order chi connectivity index (χ0) is 11.7. The smallest absolute Gasteiger partial charge is 0.268 e. The maximum absolute atomic E-state index is 5.75. The summed E-state index contributed by atoms with van der Waals surface area (Å²) in [6.45, 7) is 0.350. The van der Waals surface area contributed by atoms with Gasteiger partial charge in [0.25, 0.3) is 5.89 Å². The van der Waals surface area contributed by atoms with Crippen LogP contribution in [0.1, 0.15) is 23.4 Å². The molecule has 0 radical (unpaired) electrons. The summed E-state index contributed by atoms with van der Waals surface area (Å²) in [4.78, 5) is 4.24. The van der Waals surface area contributed by atoms with E-state index in [9.17, 15) is 0 Å². The van der Waals surface area contributed by atoms with Crippen LogP contribution < -0.4 is 4.74 Å². The van der Waals surface area contributed by atoms with Gasteiger partial charge in [-0.05, 0) is 11.6 Å². The van der Waals surface area contributed by atoms with Gasteiger partial charge in [0.1, 0.15) is 12.4 Å². The lowest BCUT2D eigenvalue weighted by Gasteiger charge is -2.03. The second-order valence-electron chi connectivity index (χ2n) is 3.90. The molecule has 0 aliphatic carbocycles. The van der Waals surface area contributed by atoms with Crippen LogP contribution in [0.25, 0.3) is 0 Å². The summed E-state index contributed by atoms with van der Waals surface area (Å²) < 4.78 is 15.9. The minimum atomic E-state index is -0.175. The van der Waals surface area contributed by atoms with E-state index >= 15 is 0 Å². The number of fused-ring (bicyclic) bond motifs is 1. The summed E-state index contributed by atoms with van der Waals surface area (Å²) in [5.41, 5.74) is 1.17. The molecule has 0 bridgehead atoms. The van der Waals surface area contributed by atoms with Crippen molar-refractivity contribution in [3.05, 3.63) is 41.5 Å². The van der Waals surface area contributed by atoms with Crippen molar-refractivity contribution < 1.29 is 14.0 Å². The van der Waals surface area contributed by atoms with Gasteiger partial charge in [-0.2, -0.15) is 4.98 Å². The first-order valence-electron chi connectivity index (χ1n) is 5.43. The van der Waals surface area contributed by atoms with Crippen molar-refractivity contribution in [2.75, 3.05) is 7.11 Å². The van der Waals surface area contributed by atoms with Crippen LogP contribution in [-0.4, -0.2) is 17.3 Å². The van der Waals surface area contributed by atoms with E-state index in [1.54, 1.807) is 7.11 Å². The molecule has 88 valence electrons. The van der Waals surface area contributed by atoms with Crippen LogP contribution in [0.5, 0.6) is 5.75 Å². The Kier molecular flexibility index (Phi) is 2.53. The number of ether oxygens (including phenoxy) is 2. The molecule has 1 aliphatic heterocycles. The van der Waals surface area contributed by atoms with E-state index in [2.05, 4.69) is 10.1 Å². The molecule has 3 rings (SSSR count). The fraction of sp³-hybridized carbons (Fsp3) is 0.333. The molecular weight excluding hydrogens is 220 g/mol. The molecule has 0 saturated heterocycles. The molecule has 1 atom stereocenters. The summed E-state index contributed by atoms with van der Waals surface area (Å²) in [5.74, 6) is 1.94. The standard InChI is InChI=1S/C12H12N2O3/c1-15-7-11-13-12(17-14-11)10-6-8-4-2-3-5-9(8)16-10/h2-5,10H,6-7H2,1H3/t10-/m1/s1. The van der Waals surface area contributed by atoms with Crippen LogP contribution in [0.3, 0.4) is 0 Å². The molecule has 0 N–H and O–H groups in total. The summed E-state index contributed by atoms with van der Waals surface area (Å²) in [7, 11) is 1.60. The van der Waals surface area contributed by atoms with Crippen molar-refractivity contribution in [2.45, 2.75) is 19.1 Å². The third kappa shape index (κ3) is 1.89. The zero-order valence-electron chi connectivity index (χ0n) is 9.42. The topological polar surface area (TPSA) is 57.4 Å². The van der Waals surface area contributed by atoms with Crippen LogP contribution in [-0.2, 0) is 17.8 Å². The van der Waals surface area contributed by atoms with Crippen molar-refractivity contribution in [1.29, 1.82) is 0 Å². The number of aromatic nitrogens is 2. The zero-order valence-corrected chi connectivity index (χ0v) is 9.42. The number of benzene rings is 1. The first-order chi connectivity index (χ1) is 8.36. The van der Waals surface area contributed by atoms with Gasteiger partial charge >= 0.3 is 0 Å². The third-order valence-electron chi connectivity index (χ3n) is 2.68. The fourth-order valence-electron chi connectivity index (χ4n) is 1.91. The van der Waals surface area contributed by atoms with Gasteiger partial charge in [0.05, 0.1) is 0 Å². The molecule has 5 nitrogen and oxygen atoms in total. The highest BCUT2D eigenvalue weighted by atomic mass is 16.5. The second-order valence-corrected chi connectivity index (χ2v) is 3.90. The van der Waals surface area contributed by atoms with Gasteiger partial charge in [-0.25, -0.2) is 0 Å². The molecule has 0 saturated carbocycles. The normalized spacial score (nSPS) is 17.8.